The number of carbonyl (C=O) groups excluding carboxylic acids is 1. The van der Waals surface area contributed by atoms with Gasteiger partial charge >= 0.3 is 0 Å². The number of anilines is 1. The largest absolute Gasteiger partial charge is 0.506 e. The smallest absolute Gasteiger partial charge is 0.259 e. The maximum absolute atomic E-state index is 11.8. The van der Waals surface area contributed by atoms with Crippen molar-refractivity contribution in [1.29, 1.82) is 0 Å². The van der Waals surface area contributed by atoms with Crippen molar-refractivity contribution in [2.45, 2.75) is 6.92 Å². The molecular formula is C12H10ClNO3. The first-order valence-corrected chi connectivity index (χ1v) is 5.29. The van der Waals surface area contributed by atoms with Crippen LogP contribution in [0.25, 0.3) is 0 Å². The van der Waals surface area contributed by atoms with Crippen molar-refractivity contribution in [3.05, 3.63) is 46.9 Å². The molecule has 0 fully saturated rings. The number of carbonyl (C=O) groups is 1. The Morgan fingerprint density at radius 2 is 2.18 bits per heavy atom. The van der Waals surface area contributed by atoms with Gasteiger partial charge in [0.05, 0.1) is 16.8 Å². The van der Waals surface area contributed by atoms with Crippen LogP contribution in [0.2, 0.25) is 5.02 Å². The Morgan fingerprint density at radius 3 is 2.76 bits per heavy atom. The Hall–Kier alpha value is -1.94. The summed E-state index contributed by atoms with van der Waals surface area (Å²) in [6.45, 7) is 1.71. The molecule has 0 radical (unpaired) electrons. The zero-order chi connectivity index (χ0) is 12.4. The first-order chi connectivity index (χ1) is 8.08. The summed E-state index contributed by atoms with van der Waals surface area (Å²) in [6, 6.07) is 6.05. The minimum atomic E-state index is -0.280. The first kappa shape index (κ1) is 11.5. The van der Waals surface area contributed by atoms with Crippen molar-refractivity contribution in [2.24, 2.45) is 0 Å². The minimum absolute atomic E-state index is 0.0239. The van der Waals surface area contributed by atoms with Crippen LogP contribution in [0.3, 0.4) is 0 Å². The third-order valence-corrected chi connectivity index (χ3v) is 2.61. The highest BCUT2D eigenvalue weighted by atomic mass is 35.5. The number of aromatic hydroxyl groups is 1. The lowest BCUT2D eigenvalue weighted by Crippen LogP contribution is -2.11. The molecule has 0 unspecified atom stereocenters. The van der Waals surface area contributed by atoms with Crippen LogP contribution in [0, 0.1) is 6.92 Å². The SMILES string of the molecule is Cc1occc1C(=O)Nc1ccc(O)c(Cl)c1. The van der Waals surface area contributed by atoms with Crippen LogP contribution in [-0.2, 0) is 0 Å². The fourth-order valence-corrected chi connectivity index (χ4v) is 1.58. The molecule has 0 saturated heterocycles. The zero-order valence-electron chi connectivity index (χ0n) is 9.03. The topological polar surface area (TPSA) is 62.5 Å². The standard InChI is InChI=1S/C12H10ClNO3/c1-7-9(4-5-17-7)12(16)14-8-2-3-11(15)10(13)6-8/h2-6,15H,1H3,(H,14,16). The van der Waals surface area contributed by atoms with Gasteiger partial charge in [-0.3, -0.25) is 4.79 Å². The van der Waals surface area contributed by atoms with Gasteiger partial charge in [0.25, 0.3) is 5.91 Å². The normalized spacial score (nSPS) is 10.2. The van der Waals surface area contributed by atoms with Crippen LogP contribution in [0.5, 0.6) is 5.75 Å². The van der Waals surface area contributed by atoms with Crippen molar-refractivity contribution in [3.63, 3.8) is 0 Å². The van der Waals surface area contributed by atoms with E-state index in [9.17, 15) is 9.90 Å². The first-order valence-electron chi connectivity index (χ1n) is 4.92. The second kappa shape index (κ2) is 4.51. The Bertz CT molecular complexity index is 563. The quantitative estimate of drug-likeness (QED) is 0.806. The van der Waals surface area contributed by atoms with Gasteiger partial charge in [-0.25, -0.2) is 0 Å². The van der Waals surface area contributed by atoms with E-state index in [1.165, 1.54) is 18.4 Å². The number of halogens is 1. The second-order valence-electron chi connectivity index (χ2n) is 3.51. The molecule has 4 nitrogen and oxygen atoms in total. The number of furan rings is 1. The van der Waals surface area contributed by atoms with E-state index in [0.717, 1.165) is 0 Å². The van der Waals surface area contributed by atoms with Gasteiger partial charge in [0.15, 0.2) is 0 Å². The molecule has 5 heteroatoms. The molecule has 2 aromatic rings. The molecule has 2 rings (SSSR count). The monoisotopic (exact) mass is 251 g/mol. The maximum Gasteiger partial charge on any atom is 0.259 e. The fraction of sp³-hybridized carbons (Fsp3) is 0.0833. The number of phenols is 1. The lowest BCUT2D eigenvalue weighted by Gasteiger charge is -2.05. The second-order valence-corrected chi connectivity index (χ2v) is 3.92. The Morgan fingerprint density at radius 1 is 1.41 bits per heavy atom. The fourth-order valence-electron chi connectivity index (χ4n) is 1.40. The zero-order valence-corrected chi connectivity index (χ0v) is 9.78. The van der Waals surface area contributed by atoms with Crippen LogP contribution in [-0.4, -0.2) is 11.0 Å². The van der Waals surface area contributed by atoms with Crippen LogP contribution < -0.4 is 5.32 Å². The van der Waals surface area contributed by atoms with E-state index in [1.807, 2.05) is 0 Å². The molecule has 0 spiro atoms. The van der Waals surface area contributed by atoms with Crippen molar-refractivity contribution in [1.82, 2.24) is 0 Å². The van der Waals surface area contributed by atoms with Gasteiger partial charge in [0, 0.05) is 5.69 Å². The van der Waals surface area contributed by atoms with Gasteiger partial charge in [-0.05, 0) is 31.2 Å². The highest BCUT2D eigenvalue weighted by Gasteiger charge is 2.12. The molecule has 2 N–H and O–H groups in total. The average Bonchev–Trinajstić information content (AvgIpc) is 2.70. The highest BCUT2D eigenvalue weighted by Crippen LogP contribution is 2.26. The Labute approximate surface area is 103 Å². The molecule has 1 heterocycles. The summed E-state index contributed by atoms with van der Waals surface area (Å²) in [4.78, 5) is 11.8. The molecule has 0 bridgehead atoms. The van der Waals surface area contributed by atoms with E-state index in [-0.39, 0.29) is 16.7 Å². The summed E-state index contributed by atoms with van der Waals surface area (Å²) in [5.41, 5.74) is 0.979. The molecule has 1 aromatic carbocycles. The molecular weight excluding hydrogens is 242 g/mol. The lowest BCUT2D eigenvalue weighted by molar-refractivity contribution is 0.102. The number of nitrogens with one attached hydrogen (secondary N) is 1. The molecule has 0 aliphatic rings. The van der Waals surface area contributed by atoms with E-state index < -0.39 is 0 Å². The van der Waals surface area contributed by atoms with Crippen LogP contribution >= 0.6 is 11.6 Å². The van der Waals surface area contributed by atoms with Crippen molar-refractivity contribution in [3.8, 4) is 5.75 Å². The molecule has 0 aliphatic carbocycles. The Balaban J connectivity index is 2.19. The number of phenolic OH excluding ortho intramolecular Hbond substituents is 1. The minimum Gasteiger partial charge on any atom is -0.506 e. The molecule has 88 valence electrons. The summed E-state index contributed by atoms with van der Waals surface area (Å²) in [6.07, 6.45) is 1.45. The van der Waals surface area contributed by atoms with Gasteiger partial charge in [-0.2, -0.15) is 0 Å². The van der Waals surface area contributed by atoms with Crippen LogP contribution in [0.1, 0.15) is 16.1 Å². The number of amides is 1. The number of benzene rings is 1. The van der Waals surface area contributed by atoms with Gasteiger partial charge in [-0.1, -0.05) is 11.6 Å². The third kappa shape index (κ3) is 2.42. The number of rotatable bonds is 2. The van der Waals surface area contributed by atoms with Gasteiger partial charge in [0.2, 0.25) is 0 Å². The van der Waals surface area contributed by atoms with Crippen molar-refractivity contribution in [2.75, 3.05) is 5.32 Å². The summed E-state index contributed by atoms with van der Waals surface area (Å²) in [5, 5.41) is 12.1. The Kier molecular flexibility index (Phi) is 3.06. The van der Waals surface area contributed by atoms with E-state index in [4.69, 9.17) is 16.0 Å². The van der Waals surface area contributed by atoms with E-state index >= 15 is 0 Å². The number of hydrogen-bond acceptors (Lipinski definition) is 3. The van der Waals surface area contributed by atoms with Crippen molar-refractivity contribution < 1.29 is 14.3 Å². The van der Waals surface area contributed by atoms with E-state index in [0.29, 0.717) is 17.0 Å². The third-order valence-electron chi connectivity index (χ3n) is 2.31. The highest BCUT2D eigenvalue weighted by molar-refractivity contribution is 6.32. The molecule has 0 atom stereocenters. The van der Waals surface area contributed by atoms with E-state index in [1.54, 1.807) is 19.1 Å². The molecule has 1 aromatic heterocycles. The average molecular weight is 252 g/mol. The maximum atomic E-state index is 11.8. The van der Waals surface area contributed by atoms with Crippen LogP contribution in [0.4, 0.5) is 5.69 Å². The molecule has 0 saturated carbocycles. The van der Waals surface area contributed by atoms with Crippen LogP contribution in [0.15, 0.2) is 34.9 Å². The van der Waals surface area contributed by atoms with Crippen molar-refractivity contribution >= 4 is 23.2 Å². The van der Waals surface area contributed by atoms with Gasteiger partial charge in [0.1, 0.15) is 11.5 Å². The summed E-state index contributed by atoms with van der Waals surface area (Å²) < 4.78 is 5.04. The summed E-state index contributed by atoms with van der Waals surface area (Å²) in [5.74, 6) is 0.245. The molecule has 17 heavy (non-hydrogen) atoms. The lowest BCUT2D eigenvalue weighted by atomic mass is 10.2. The number of aryl methyl sites for hydroxylation is 1. The summed E-state index contributed by atoms with van der Waals surface area (Å²) >= 11 is 5.73. The van der Waals surface area contributed by atoms with Gasteiger partial charge in [-0.15, -0.1) is 0 Å². The number of hydrogen-bond donors (Lipinski definition) is 2. The predicted octanol–water partition coefficient (Wildman–Crippen LogP) is 3.20. The van der Waals surface area contributed by atoms with Gasteiger partial charge < -0.3 is 14.8 Å². The predicted molar refractivity (Wildman–Crippen MR) is 64.5 cm³/mol. The molecule has 1 amide bonds. The van der Waals surface area contributed by atoms with E-state index in [2.05, 4.69) is 5.32 Å². The summed E-state index contributed by atoms with van der Waals surface area (Å²) in [7, 11) is 0. The molecule has 0 aliphatic heterocycles.